The first-order valence-corrected chi connectivity index (χ1v) is 7.73. The molecule has 0 radical (unpaired) electrons. The maximum absolute atomic E-state index is 12.4. The summed E-state index contributed by atoms with van der Waals surface area (Å²) >= 11 is 0. The van der Waals surface area contributed by atoms with E-state index >= 15 is 0 Å². The molecule has 24 heavy (non-hydrogen) atoms. The number of benzene rings is 1. The number of nitrogens with one attached hydrogen (secondary N) is 1. The van der Waals surface area contributed by atoms with Gasteiger partial charge in [0.1, 0.15) is 0 Å². The Morgan fingerprint density at radius 1 is 1.46 bits per heavy atom. The highest BCUT2D eigenvalue weighted by Crippen LogP contribution is 2.27. The van der Waals surface area contributed by atoms with E-state index in [1.165, 1.54) is 6.07 Å². The maximum atomic E-state index is 12.4. The Kier molecular flexibility index (Phi) is 4.20. The molecular formula is C16H19N5O3. The minimum atomic E-state index is -0.431. The molecule has 0 saturated carbocycles. The summed E-state index contributed by atoms with van der Waals surface area (Å²) in [5.74, 6) is 0.294. The molecule has 2 heterocycles. The van der Waals surface area contributed by atoms with E-state index in [-0.39, 0.29) is 11.7 Å². The van der Waals surface area contributed by atoms with Crippen molar-refractivity contribution < 1.29 is 9.72 Å². The maximum Gasteiger partial charge on any atom is 0.321 e. The Balaban J connectivity index is 1.63. The monoisotopic (exact) mass is 329 g/mol. The molecule has 1 fully saturated rings. The van der Waals surface area contributed by atoms with E-state index < -0.39 is 4.92 Å². The standard InChI is InChI=1S/C16H19N5O3/c1-11-7-14(3-4-15(11)21(23)24)18-16(22)20-6-5-12(10-20)13-8-17-19(2)9-13/h3-4,7-9,12H,5-6,10H2,1-2H3,(H,18,22). The highest BCUT2D eigenvalue weighted by Gasteiger charge is 2.28. The van der Waals surface area contributed by atoms with Gasteiger partial charge in [-0.25, -0.2) is 4.79 Å². The van der Waals surface area contributed by atoms with Crippen LogP contribution in [-0.4, -0.2) is 38.7 Å². The Morgan fingerprint density at radius 3 is 2.88 bits per heavy atom. The number of carbonyl (C=O) groups is 1. The van der Waals surface area contributed by atoms with Gasteiger partial charge in [0.05, 0.1) is 11.1 Å². The van der Waals surface area contributed by atoms with Gasteiger partial charge >= 0.3 is 6.03 Å². The zero-order chi connectivity index (χ0) is 17.3. The van der Waals surface area contributed by atoms with Gasteiger partial charge in [-0.2, -0.15) is 5.10 Å². The number of aryl methyl sites for hydroxylation is 2. The molecule has 0 aliphatic carbocycles. The van der Waals surface area contributed by atoms with Crippen LogP contribution in [0.1, 0.15) is 23.5 Å². The first-order valence-electron chi connectivity index (χ1n) is 7.73. The van der Waals surface area contributed by atoms with Crippen LogP contribution in [0.5, 0.6) is 0 Å². The topological polar surface area (TPSA) is 93.3 Å². The average molecular weight is 329 g/mol. The highest BCUT2D eigenvalue weighted by molar-refractivity contribution is 5.89. The van der Waals surface area contributed by atoms with Gasteiger partial charge in [-0.3, -0.25) is 14.8 Å². The summed E-state index contributed by atoms with van der Waals surface area (Å²) in [7, 11) is 1.87. The molecule has 1 unspecified atom stereocenters. The third kappa shape index (κ3) is 3.22. The van der Waals surface area contributed by atoms with Crippen LogP contribution in [0, 0.1) is 17.0 Å². The van der Waals surface area contributed by atoms with Crippen molar-refractivity contribution >= 4 is 17.4 Å². The molecule has 8 heteroatoms. The molecular weight excluding hydrogens is 310 g/mol. The van der Waals surface area contributed by atoms with Gasteiger partial charge in [0, 0.05) is 49.6 Å². The van der Waals surface area contributed by atoms with Crippen molar-refractivity contribution in [1.82, 2.24) is 14.7 Å². The number of rotatable bonds is 3. The predicted molar refractivity (Wildman–Crippen MR) is 89.0 cm³/mol. The van der Waals surface area contributed by atoms with Gasteiger partial charge < -0.3 is 10.2 Å². The lowest BCUT2D eigenvalue weighted by molar-refractivity contribution is -0.385. The second-order valence-electron chi connectivity index (χ2n) is 6.07. The number of nitrogens with zero attached hydrogens (tertiary/aromatic N) is 4. The fourth-order valence-corrected chi connectivity index (χ4v) is 3.01. The fraction of sp³-hybridized carbons (Fsp3) is 0.375. The number of aromatic nitrogens is 2. The molecule has 2 aromatic rings. The number of nitro benzene ring substituents is 1. The molecule has 126 valence electrons. The lowest BCUT2D eigenvalue weighted by atomic mass is 10.0. The van der Waals surface area contributed by atoms with E-state index in [1.807, 2.05) is 19.4 Å². The fourth-order valence-electron chi connectivity index (χ4n) is 3.01. The van der Waals surface area contributed by atoms with Crippen LogP contribution < -0.4 is 5.32 Å². The Hall–Kier alpha value is -2.90. The number of urea groups is 1. The van der Waals surface area contributed by atoms with Crippen molar-refractivity contribution in [3.8, 4) is 0 Å². The summed E-state index contributed by atoms with van der Waals surface area (Å²) in [6.07, 6.45) is 4.72. The minimum Gasteiger partial charge on any atom is -0.324 e. The lowest BCUT2D eigenvalue weighted by Gasteiger charge is -2.17. The van der Waals surface area contributed by atoms with Crippen molar-refractivity contribution in [3.05, 3.63) is 51.8 Å². The molecule has 1 atom stereocenters. The largest absolute Gasteiger partial charge is 0.324 e. The van der Waals surface area contributed by atoms with Crippen LogP contribution in [0.15, 0.2) is 30.6 Å². The Labute approximate surface area is 139 Å². The van der Waals surface area contributed by atoms with Gasteiger partial charge in [0.2, 0.25) is 0 Å². The number of anilines is 1. The average Bonchev–Trinajstić information content (AvgIpc) is 3.15. The van der Waals surface area contributed by atoms with E-state index in [0.29, 0.717) is 30.3 Å². The van der Waals surface area contributed by atoms with E-state index in [2.05, 4.69) is 10.4 Å². The van der Waals surface area contributed by atoms with Gasteiger partial charge in [-0.05, 0) is 31.0 Å². The highest BCUT2D eigenvalue weighted by atomic mass is 16.6. The van der Waals surface area contributed by atoms with Gasteiger partial charge in [0.25, 0.3) is 5.69 Å². The lowest BCUT2D eigenvalue weighted by Crippen LogP contribution is -2.32. The third-order valence-corrected chi connectivity index (χ3v) is 4.32. The van der Waals surface area contributed by atoms with Gasteiger partial charge in [-0.15, -0.1) is 0 Å². The van der Waals surface area contributed by atoms with E-state index in [0.717, 1.165) is 12.0 Å². The van der Waals surface area contributed by atoms with Crippen LogP contribution >= 0.6 is 0 Å². The molecule has 2 amide bonds. The molecule has 1 saturated heterocycles. The number of amides is 2. The van der Waals surface area contributed by atoms with Gasteiger partial charge in [0.15, 0.2) is 0 Å². The number of likely N-dealkylation sites (tertiary alicyclic amines) is 1. The Bertz CT molecular complexity index is 786. The van der Waals surface area contributed by atoms with E-state index in [4.69, 9.17) is 0 Å². The molecule has 1 N–H and O–H groups in total. The zero-order valence-corrected chi connectivity index (χ0v) is 13.6. The summed E-state index contributed by atoms with van der Waals surface area (Å²) in [6.45, 7) is 2.98. The SMILES string of the molecule is Cc1cc(NC(=O)N2CCC(c3cnn(C)c3)C2)ccc1[N+](=O)[O-]. The van der Waals surface area contributed by atoms with Crippen LogP contribution in [0.4, 0.5) is 16.2 Å². The molecule has 0 bridgehead atoms. The van der Waals surface area contributed by atoms with Crippen molar-refractivity contribution in [3.63, 3.8) is 0 Å². The summed E-state index contributed by atoms with van der Waals surface area (Å²) in [5, 5.41) is 17.8. The number of nitro groups is 1. The third-order valence-electron chi connectivity index (χ3n) is 4.32. The summed E-state index contributed by atoms with van der Waals surface area (Å²) in [6, 6.07) is 4.39. The Morgan fingerprint density at radius 2 is 2.25 bits per heavy atom. The van der Waals surface area contributed by atoms with Crippen molar-refractivity contribution in [2.24, 2.45) is 7.05 Å². The molecule has 3 rings (SSSR count). The first-order chi connectivity index (χ1) is 11.4. The minimum absolute atomic E-state index is 0.0470. The normalized spacial score (nSPS) is 17.1. The van der Waals surface area contributed by atoms with Crippen LogP contribution in [-0.2, 0) is 7.05 Å². The number of hydrogen-bond donors (Lipinski definition) is 1. The van der Waals surface area contributed by atoms with Crippen LogP contribution in [0.2, 0.25) is 0 Å². The molecule has 0 spiro atoms. The van der Waals surface area contributed by atoms with Gasteiger partial charge in [-0.1, -0.05) is 0 Å². The molecule has 1 aromatic carbocycles. The van der Waals surface area contributed by atoms with E-state index in [1.54, 1.807) is 28.6 Å². The van der Waals surface area contributed by atoms with Crippen LogP contribution in [0.25, 0.3) is 0 Å². The summed E-state index contributed by atoms with van der Waals surface area (Å²) < 4.78 is 1.76. The second kappa shape index (κ2) is 6.31. The number of carbonyl (C=O) groups excluding carboxylic acids is 1. The predicted octanol–water partition coefficient (Wildman–Crippen LogP) is 2.66. The molecule has 1 aliphatic heterocycles. The molecule has 8 nitrogen and oxygen atoms in total. The quantitative estimate of drug-likeness (QED) is 0.692. The summed E-state index contributed by atoms with van der Waals surface area (Å²) in [4.78, 5) is 24.6. The number of hydrogen-bond acceptors (Lipinski definition) is 4. The second-order valence-corrected chi connectivity index (χ2v) is 6.07. The zero-order valence-electron chi connectivity index (χ0n) is 13.6. The van der Waals surface area contributed by atoms with Crippen LogP contribution in [0.3, 0.4) is 0 Å². The summed E-state index contributed by atoms with van der Waals surface area (Å²) in [5.41, 5.74) is 2.27. The smallest absolute Gasteiger partial charge is 0.321 e. The molecule has 1 aromatic heterocycles. The van der Waals surface area contributed by atoms with Crippen molar-refractivity contribution in [2.75, 3.05) is 18.4 Å². The van der Waals surface area contributed by atoms with E-state index in [9.17, 15) is 14.9 Å². The van der Waals surface area contributed by atoms with Crippen molar-refractivity contribution in [1.29, 1.82) is 0 Å². The molecule has 1 aliphatic rings. The first kappa shape index (κ1) is 16.0. The van der Waals surface area contributed by atoms with Crippen molar-refractivity contribution in [2.45, 2.75) is 19.3 Å².